The lowest BCUT2D eigenvalue weighted by Crippen LogP contribution is -2.08. The Morgan fingerprint density at radius 2 is 2.05 bits per heavy atom. The van der Waals surface area contributed by atoms with E-state index in [2.05, 4.69) is 13.0 Å². The van der Waals surface area contributed by atoms with Gasteiger partial charge in [0.25, 0.3) is 0 Å². The minimum atomic E-state index is 0.394. The summed E-state index contributed by atoms with van der Waals surface area (Å²) in [5.74, 6) is 1.26. The van der Waals surface area contributed by atoms with Gasteiger partial charge in [0.15, 0.2) is 0 Å². The standard InChI is InChI=1S/C16H24ClNO/c1-11(8-9-18)14-10-12-6-4-3-5-7-13(12)15(17)16(14)19-2/h10-11H,3-9,18H2,1-2H3. The highest BCUT2D eigenvalue weighted by Gasteiger charge is 2.21. The molecule has 1 unspecified atom stereocenters. The molecule has 1 atom stereocenters. The molecule has 0 bridgehead atoms. The number of aryl methyl sites for hydroxylation is 1. The molecule has 0 spiro atoms. The van der Waals surface area contributed by atoms with Gasteiger partial charge in [-0.3, -0.25) is 0 Å². The predicted molar refractivity (Wildman–Crippen MR) is 81.3 cm³/mol. The van der Waals surface area contributed by atoms with Gasteiger partial charge in [-0.2, -0.15) is 0 Å². The summed E-state index contributed by atoms with van der Waals surface area (Å²) in [5, 5.41) is 0.834. The number of benzene rings is 1. The first-order valence-corrected chi connectivity index (χ1v) is 7.65. The molecule has 106 valence electrons. The third-order valence-electron chi connectivity index (χ3n) is 4.15. The number of fused-ring (bicyclic) bond motifs is 1. The van der Waals surface area contributed by atoms with E-state index in [0.717, 1.165) is 30.0 Å². The van der Waals surface area contributed by atoms with Crippen LogP contribution in [0.3, 0.4) is 0 Å². The van der Waals surface area contributed by atoms with Crippen molar-refractivity contribution in [1.82, 2.24) is 0 Å². The molecule has 1 aliphatic carbocycles. The molecule has 0 heterocycles. The smallest absolute Gasteiger partial charge is 0.141 e. The van der Waals surface area contributed by atoms with Crippen LogP contribution in [0.15, 0.2) is 6.07 Å². The second-order valence-electron chi connectivity index (χ2n) is 5.49. The molecule has 0 amide bonds. The Morgan fingerprint density at radius 1 is 1.32 bits per heavy atom. The van der Waals surface area contributed by atoms with Gasteiger partial charge < -0.3 is 10.5 Å². The van der Waals surface area contributed by atoms with Crippen LogP contribution in [0, 0.1) is 0 Å². The summed E-state index contributed by atoms with van der Waals surface area (Å²) in [6.07, 6.45) is 6.97. The zero-order valence-corrected chi connectivity index (χ0v) is 12.7. The first-order valence-electron chi connectivity index (χ1n) is 7.27. The predicted octanol–water partition coefficient (Wildman–Crippen LogP) is 4.07. The largest absolute Gasteiger partial charge is 0.495 e. The van der Waals surface area contributed by atoms with Crippen LogP contribution in [-0.2, 0) is 12.8 Å². The Balaban J connectivity index is 2.48. The summed E-state index contributed by atoms with van der Waals surface area (Å²) in [4.78, 5) is 0. The third kappa shape index (κ3) is 3.06. The lowest BCUT2D eigenvalue weighted by atomic mass is 9.91. The second-order valence-corrected chi connectivity index (χ2v) is 5.87. The number of ether oxygens (including phenoxy) is 1. The van der Waals surface area contributed by atoms with Crippen LogP contribution in [0.25, 0.3) is 0 Å². The third-order valence-corrected chi connectivity index (χ3v) is 4.55. The van der Waals surface area contributed by atoms with Gasteiger partial charge in [0.2, 0.25) is 0 Å². The number of hydrogen-bond donors (Lipinski definition) is 1. The maximum absolute atomic E-state index is 6.59. The molecule has 2 rings (SSSR count). The summed E-state index contributed by atoms with van der Waals surface area (Å²) in [6.45, 7) is 2.89. The normalized spacial score (nSPS) is 16.6. The molecule has 0 radical (unpaired) electrons. The highest BCUT2D eigenvalue weighted by Crippen LogP contribution is 2.41. The molecule has 3 heteroatoms. The zero-order chi connectivity index (χ0) is 13.8. The molecule has 1 aromatic rings. The molecule has 1 aromatic carbocycles. The lowest BCUT2D eigenvalue weighted by molar-refractivity contribution is 0.405. The van der Waals surface area contributed by atoms with Crippen LogP contribution in [0.4, 0.5) is 0 Å². The van der Waals surface area contributed by atoms with E-state index >= 15 is 0 Å². The summed E-state index contributed by atoms with van der Waals surface area (Å²) in [6, 6.07) is 2.31. The average Bonchev–Trinajstić information content (AvgIpc) is 2.64. The zero-order valence-electron chi connectivity index (χ0n) is 12.0. The number of rotatable bonds is 4. The first kappa shape index (κ1) is 14.7. The summed E-state index contributed by atoms with van der Waals surface area (Å²) < 4.78 is 5.58. The molecular weight excluding hydrogens is 258 g/mol. The van der Waals surface area contributed by atoms with Gasteiger partial charge in [-0.1, -0.05) is 31.0 Å². The van der Waals surface area contributed by atoms with E-state index in [1.54, 1.807) is 7.11 Å². The second kappa shape index (κ2) is 6.62. The number of halogens is 1. The monoisotopic (exact) mass is 281 g/mol. The molecule has 2 N–H and O–H groups in total. The molecule has 0 aliphatic heterocycles. The fraction of sp³-hybridized carbons (Fsp3) is 0.625. The topological polar surface area (TPSA) is 35.2 Å². The summed E-state index contributed by atoms with van der Waals surface area (Å²) >= 11 is 6.59. The Hall–Kier alpha value is -0.730. The van der Waals surface area contributed by atoms with Crippen LogP contribution in [-0.4, -0.2) is 13.7 Å². The molecule has 1 aliphatic rings. The van der Waals surface area contributed by atoms with E-state index in [1.807, 2.05) is 0 Å². The van der Waals surface area contributed by atoms with Gasteiger partial charge in [0, 0.05) is 0 Å². The van der Waals surface area contributed by atoms with Crippen molar-refractivity contribution >= 4 is 11.6 Å². The highest BCUT2D eigenvalue weighted by atomic mass is 35.5. The Labute approximate surface area is 121 Å². The average molecular weight is 282 g/mol. The first-order chi connectivity index (χ1) is 9.19. The molecule has 19 heavy (non-hydrogen) atoms. The maximum atomic E-state index is 6.59. The molecule has 0 aromatic heterocycles. The Bertz CT molecular complexity index is 445. The number of nitrogens with two attached hydrogens (primary N) is 1. The van der Waals surface area contributed by atoms with Crippen molar-refractivity contribution in [3.63, 3.8) is 0 Å². The molecule has 2 nitrogen and oxygen atoms in total. The van der Waals surface area contributed by atoms with Gasteiger partial charge in [-0.25, -0.2) is 0 Å². The van der Waals surface area contributed by atoms with E-state index in [0.29, 0.717) is 12.5 Å². The lowest BCUT2D eigenvalue weighted by Gasteiger charge is -2.20. The van der Waals surface area contributed by atoms with Crippen LogP contribution in [0.5, 0.6) is 5.75 Å². The number of methoxy groups -OCH3 is 1. The molecule has 0 saturated carbocycles. The number of hydrogen-bond acceptors (Lipinski definition) is 2. The maximum Gasteiger partial charge on any atom is 0.141 e. The van der Waals surface area contributed by atoms with Gasteiger partial charge >= 0.3 is 0 Å². The van der Waals surface area contributed by atoms with Gasteiger partial charge in [0.05, 0.1) is 12.1 Å². The SMILES string of the molecule is COc1c(C(C)CCN)cc2c(c1Cl)CCCCC2. The van der Waals surface area contributed by atoms with Crippen molar-refractivity contribution in [3.05, 3.63) is 27.8 Å². The van der Waals surface area contributed by atoms with E-state index in [-0.39, 0.29) is 0 Å². The Morgan fingerprint density at radius 3 is 2.74 bits per heavy atom. The van der Waals surface area contributed by atoms with Crippen LogP contribution in [0.2, 0.25) is 5.02 Å². The summed E-state index contributed by atoms with van der Waals surface area (Å²) in [5.41, 5.74) is 9.63. The van der Waals surface area contributed by atoms with Crippen molar-refractivity contribution < 1.29 is 4.74 Å². The van der Waals surface area contributed by atoms with E-state index in [4.69, 9.17) is 22.1 Å². The molecule has 0 fully saturated rings. The van der Waals surface area contributed by atoms with E-state index in [9.17, 15) is 0 Å². The molecule has 0 saturated heterocycles. The molecular formula is C16H24ClNO. The van der Waals surface area contributed by atoms with Crippen LogP contribution < -0.4 is 10.5 Å². The fourth-order valence-corrected chi connectivity index (χ4v) is 3.41. The van der Waals surface area contributed by atoms with Crippen molar-refractivity contribution in [2.24, 2.45) is 5.73 Å². The highest BCUT2D eigenvalue weighted by molar-refractivity contribution is 6.33. The Kier molecular flexibility index (Phi) is 5.12. The fourth-order valence-electron chi connectivity index (χ4n) is 3.01. The minimum absolute atomic E-state index is 0.394. The van der Waals surface area contributed by atoms with E-state index < -0.39 is 0 Å². The van der Waals surface area contributed by atoms with Crippen molar-refractivity contribution in [2.75, 3.05) is 13.7 Å². The van der Waals surface area contributed by atoms with Crippen LogP contribution >= 0.6 is 11.6 Å². The van der Waals surface area contributed by atoms with Crippen molar-refractivity contribution in [3.8, 4) is 5.75 Å². The van der Waals surface area contributed by atoms with Crippen molar-refractivity contribution in [1.29, 1.82) is 0 Å². The minimum Gasteiger partial charge on any atom is -0.495 e. The van der Waals surface area contributed by atoms with Gasteiger partial charge in [0.1, 0.15) is 5.75 Å². The summed E-state index contributed by atoms with van der Waals surface area (Å²) in [7, 11) is 1.71. The van der Waals surface area contributed by atoms with Gasteiger partial charge in [-0.05, 0) is 61.3 Å². The van der Waals surface area contributed by atoms with Crippen LogP contribution in [0.1, 0.15) is 55.2 Å². The van der Waals surface area contributed by atoms with E-state index in [1.165, 1.54) is 36.0 Å². The van der Waals surface area contributed by atoms with Crippen molar-refractivity contribution in [2.45, 2.75) is 51.4 Å². The quantitative estimate of drug-likeness (QED) is 0.845. The van der Waals surface area contributed by atoms with Gasteiger partial charge in [-0.15, -0.1) is 0 Å².